The minimum Gasteiger partial charge on any atom is -0.210 e. The maximum Gasteiger partial charge on any atom is 0.245 e. The minimum absolute atomic E-state index is 0.674. The monoisotopic (exact) mass is 234 g/mol. The molecule has 0 heterocycles. The Morgan fingerprint density at radius 1 is 1.17 bits per heavy atom. The van der Waals surface area contributed by atoms with Gasteiger partial charge in [-0.3, -0.25) is 0 Å². The highest BCUT2D eigenvalue weighted by atomic mass is 79.9. The normalized spacial score (nSPS) is 13.4. The summed E-state index contributed by atoms with van der Waals surface area (Å²) < 4.78 is 25.3. The van der Waals surface area contributed by atoms with Crippen LogP contribution in [0.1, 0.15) is 18.4 Å². The Kier molecular flexibility index (Phi) is 3.20. The average Bonchev–Trinajstić information content (AvgIpc) is 2.04. The number of hydrogen-bond acceptors (Lipinski definition) is 0. The standard InChI is InChI=1S/C9H9BrF2/c1-6(9(11)12)7-2-4-8(10)5-3-7/h2-6,9H,1H3/t6-/m0/s1. The molecule has 0 radical (unpaired) electrons. The summed E-state index contributed by atoms with van der Waals surface area (Å²) in [5.74, 6) is -0.682. The summed E-state index contributed by atoms with van der Waals surface area (Å²) in [5, 5.41) is 0. The molecule has 0 aliphatic rings. The highest BCUT2D eigenvalue weighted by Crippen LogP contribution is 2.23. The van der Waals surface area contributed by atoms with Gasteiger partial charge in [-0.05, 0) is 17.7 Å². The molecule has 0 bridgehead atoms. The van der Waals surface area contributed by atoms with Gasteiger partial charge in [-0.1, -0.05) is 35.0 Å². The fraction of sp³-hybridized carbons (Fsp3) is 0.333. The predicted molar refractivity (Wildman–Crippen MR) is 48.6 cm³/mol. The lowest BCUT2D eigenvalue weighted by Gasteiger charge is -2.09. The Bertz CT molecular complexity index is 243. The van der Waals surface area contributed by atoms with Crippen LogP contribution < -0.4 is 0 Å². The molecule has 0 saturated carbocycles. The largest absolute Gasteiger partial charge is 0.245 e. The van der Waals surface area contributed by atoms with Crippen molar-refractivity contribution in [2.24, 2.45) is 0 Å². The van der Waals surface area contributed by atoms with Crippen molar-refractivity contribution in [2.45, 2.75) is 19.3 Å². The highest BCUT2D eigenvalue weighted by Gasteiger charge is 2.15. The van der Waals surface area contributed by atoms with Gasteiger partial charge in [0.2, 0.25) is 6.43 Å². The number of alkyl halides is 2. The second kappa shape index (κ2) is 3.99. The summed E-state index contributed by atoms with van der Waals surface area (Å²) in [6.07, 6.45) is -2.29. The van der Waals surface area contributed by atoms with Crippen molar-refractivity contribution in [3.63, 3.8) is 0 Å². The highest BCUT2D eigenvalue weighted by molar-refractivity contribution is 9.10. The average molecular weight is 235 g/mol. The maximum atomic E-state index is 12.2. The van der Waals surface area contributed by atoms with Crippen molar-refractivity contribution >= 4 is 15.9 Å². The first kappa shape index (κ1) is 9.65. The number of hydrogen-bond donors (Lipinski definition) is 0. The summed E-state index contributed by atoms with van der Waals surface area (Å²) in [4.78, 5) is 0. The molecule has 0 aliphatic carbocycles. The Balaban J connectivity index is 2.82. The van der Waals surface area contributed by atoms with Gasteiger partial charge in [0.05, 0.1) is 0 Å². The van der Waals surface area contributed by atoms with Gasteiger partial charge in [0.25, 0.3) is 0 Å². The van der Waals surface area contributed by atoms with Crippen molar-refractivity contribution in [3.05, 3.63) is 34.3 Å². The van der Waals surface area contributed by atoms with Gasteiger partial charge in [-0.15, -0.1) is 0 Å². The van der Waals surface area contributed by atoms with Gasteiger partial charge in [-0.2, -0.15) is 0 Å². The van der Waals surface area contributed by atoms with E-state index in [0.717, 1.165) is 4.47 Å². The molecule has 1 atom stereocenters. The smallest absolute Gasteiger partial charge is 0.210 e. The van der Waals surface area contributed by atoms with Gasteiger partial charge in [0.15, 0.2) is 0 Å². The van der Waals surface area contributed by atoms with Crippen LogP contribution in [0.4, 0.5) is 8.78 Å². The Morgan fingerprint density at radius 3 is 2.08 bits per heavy atom. The first-order valence-corrected chi connectivity index (χ1v) is 4.44. The van der Waals surface area contributed by atoms with Crippen LogP contribution >= 0.6 is 15.9 Å². The summed E-state index contributed by atoms with van der Waals surface area (Å²) in [7, 11) is 0. The van der Waals surface area contributed by atoms with Crippen molar-refractivity contribution in [1.29, 1.82) is 0 Å². The van der Waals surface area contributed by atoms with Crippen molar-refractivity contribution < 1.29 is 8.78 Å². The lowest BCUT2D eigenvalue weighted by molar-refractivity contribution is 0.121. The SMILES string of the molecule is C[C@@H](c1ccc(Br)cc1)C(F)F. The van der Waals surface area contributed by atoms with Crippen LogP contribution in [0, 0.1) is 0 Å². The first-order chi connectivity index (χ1) is 5.61. The molecule has 1 aromatic rings. The third kappa shape index (κ3) is 2.27. The van der Waals surface area contributed by atoms with E-state index in [4.69, 9.17) is 0 Å². The van der Waals surface area contributed by atoms with Crippen molar-refractivity contribution in [1.82, 2.24) is 0 Å². The zero-order chi connectivity index (χ0) is 9.14. The Labute approximate surface area is 78.7 Å². The van der Waals surface area contributed by atoms with Gasteiger partial charge in [0, 0.05) is 10.4 Å². The van der Waals surface area contributed by atoms with E-state index in [1.54, 1.807) is 24.3 Å². The van der Waals surface area contributed by atoms with E-state index < -0.39 is 12.3 Å². The fourth-order valence-electron chi connectivity index (χ4n) is 0.912. The molecule has 0 amide bonds. The molecule has 0 aliphatic heterocycles. The minimum atomic E-state index is -2.29. The quantitative estimate of drug-likeness (QED) is 0.730. The van der Waals surface area contributed by atoms with E-state index in [-0.39, 0.29) is 0 Å². The van der Waals surface area contributed by atoms with Crippen LogP contribution in [0.2, 0.25) is 0 Å². The second-order valence-electron chi connectivity index (χ2n) is 2.67. The molecule has 0 fully saturated rings. The lowest BCUT2D eigenvalue weighted by atomic mass is 10.0. The predicted octanol–water partition coefficient (Wildman–Crippen LogP) is 3.82. The van der Waals surface area contributed by atoms with Gasteiger partial charge < -0.3 is 0 Å². The van der Waals surface area contributed by atoms with Crippen LogP contribution in [0.15, 0.2) is 28.7 Å². The summed E-state index contributed by atoms with van der Waals surface area (Å²) in [5.41, 5.74) is 0.674. The van der Waals surface area contributed by atoms with Crippen molar-refractivity contribution in [3.8, 4) is 0 Å². The number of rotatable bonds is 2. The number of benzene rings is 1. The fourth-order valence-corrected chi connectivity index (χ4v) is 1.18. The van der Waals surface area contributed by atoms with Crippen LogP contribution in [-0.2, 0) is 0 Å². The molecule has 1 aromatic carbocycles. The zero-order valence-corrected chi connectivity index (χ0v) is 8.18. The van der Waals surface area contributed by atoms with Gasteiger partial charge in [-0.25, -0.2) is 8.78 Å². The molecule has 0 unspecified atom stereocenters. The van der Waals surface area contributed by atoms with Gasteiger partial charge >= 0.3 is 0 Å². The molecule has 0 saturated heterocycles. The summed E-state index contributed by atoms with van der Waals surface area (Å²) >= 11 is 3.24. The van der Waals surface area contributed by atoms with Crippen molar-refractivity contribution in [2.75, 3.05) is 0 Å². The topological polar surface area (TPSA) is 0 Å². The molecular weight excluding hydrogens is 226 g/mol. The molecule has 66 valence electrons. The summed E-state index contributed by atoms with van der Waals surface area (Å²) in [6.45, 7) is 1.52. The van der Waals surface area contributed by atoms with E-state index >= 15 is 0 Å². The van der Waals surface area contributed by atoms with Crippen LogP contribution in [0.25, 0.3) is 0 Å². The zero-order valence-electron chi connectivity index (χ0n) is 6.60. The Morgan fingerprint density at radius 2 is 1.67 bits per heavy atom. The third-order valence-electron chi connectivity index (χ3n) is 1.77. The molecular formula is C9H9BrF2. The molecule has 3 heteroatoms. The van der Waals surface area contributed by atoms with E-state index in [1.165, 1.54) is 6.92 Å². The van der Waals surface area contributed by atoms with Crippen LogP contribution in [0.5, 0.6) is 0 Å². The van der Waals surface area contributed by atoms with E-state index in [9.17, 15) is 8.78 Å². The van der Waals surface area contributed by atoms with Gasteiger partial charge in [0.1, 0.15) is 0 Å². The first-order valence-electron chi connectivity index (χ1n) is 3.65. The maximum absolute atomic E-state index is 12.2. The molecule has 1 rings (SSSR count). The molecule has 0 nitrogen and oxygen atoms in total. The molecule has 12 heavy (non-hydrogen) atoms. The van der Waals surface area contributed by atoms with E-state index in [2.05, 4.69) is 15.9 Å². The van der Waals surface area contributed by atoms with Crippen LogP contribution in [-0.4, -0.2) is 6.43 Å². The van der Waals surface area contributed by atoms with E-state index in [0.29, 0.717) is 5.56 Å². The van der Waals surface area contributed by atoms with E-state index in [1.807, 2.05) is 0 Å². The molecule has 0 spiro atoms. The molecule has 0 aromatic heterocycles. The number of halogens is 3. The Hall–Kier alpha value is -0.440. The summed E-state index contributed by atoms with van der Waals surface area (Å²) in [6, 6.07) is 6.96. The third-order valence-corrected chi connectivity index (χ3v) is 2.30. The second-order valence-corrected chi connectivity index (χ2v) is 3.59. The van der Waals surface area contributed by atoms with Crippen LogP contribution in [0.3, 0.4) is 0 Å². The molecule has 0 N–H and O–H groups in total. The lowest BCUT2D eigenvalue weighted by Crippen LogP contribution is -2.03.